The van der Waals surface area contributed by atoms with Crippen molar-refractivity contribution in [3.8, 4) is 0 Å². The van der Waals surface area contributed by atoms with Crippen molar-refractivity contribution in [3.63, 3.8) is 0 Å². The predicted octanol–water partition coefficient (Wildman–Crippen LogP) is -0.265. The van der Waals surface area contributed by atoms with Gasteiger partial charge in [-0.1, -0.05) is 39.5 Å². The van der Waals surface area contributed by atoms with Gasteiger partial charge in [0.1, 0.15) is 67.8 Å². The average Bonchev–Trinajstić information content (AvgIpc) is 3.24. The van der Waals surface area contributed by atoms with E-state index in [4.69, 9.17) is 33.2 Å². The van der Waals surface area contributed by atoms with Gasteiger partial charge in [-0.05, 0) is 6.08 Å². The summed E-state index contributed by atoms with van der Waals surface area (Å²) >= 11 is 0. The summed E-state index contributed by atoms with van der Waals surface area (Å²) in [5.41, 5.74) is -1.95. The Morgan fingerprint density at radius 2 is 1.19 bits per heavy atom. The summed E-state index contributed by atoms with van der Waals surface area (Å²) in [7, 11) is 0. The van der Waals surface area contributed by atoms with Gasteiger partial charge in [-0.15, -0.1) is 0 Å². The number of rotatable bonds is 16. The molecule has 0 saturated carbocycles. The molecule has 2 saturated heterocycles. The van der Waals surface area contributed by atoms with E-state index in [9.17, 15) is 34.5 Å². The molecule has 0 radical (unpaired) electrons. The number of ether oxygens (including phenoxy) is 7. The van der Waals surface area contributed by atoms with Crippen molar-refractivity contribution in [1.29, 1.82) is 0 Å². The first-order valence-electron chi connectivity index (χ1n) is 12.9. The second kappa shape index (κ2) is 16.0. The van der Waals surface area contributed by atoms with Crippen LogP contribution in [0.15, 0.2) is 75.6 Å². The molecule has 2 aliphatic rings. The van der Waals surface area contributed by atoms with Gasteiger partial charge in [0.15, 0.2) is 12.2 Å². The van der Waals surface area contributed by atoms with Gasteiger partial charge in [0, 0.05) is 30.7 Å². The SMILES string of the molecule is C=CC(=C)OC1C(CC2(COC(=O)C=C)OC(COC(=O)C=C)C(O)C2O)OC(COC(=O)C=C)C(OC(=O)C=C)C1O. The standard InChI is InChI=1S/C29H36O14/c1-7-16(6)40-26-17(41-19(14-38-21(31)9-3)27(25(26)35)42-23(33)11-5)12-29(15-39-22(32)10-4)28(36)24(34)18(43-29)13-37-20(30)8-2/h7-11,17-19,24-28,34-36H,1-6,12-15H2. The van der Waals surface area contributed by atoms with Crippen LogP contribution in [0.3, 0.4) is 0 Å². The fourth-order valence-corrected chi connectivity index (χ4v) is 4.48. The highest BCUT2D eigenvalue weighted by atomic mass is 16.6. The largest absolute Gasteiger partial charge is 0.485 e. The van der Waals surface area contributed by atoms with E-state index in [1.165, 1.54) is 6.08 Å². The summed E-state index contributed by atoms with van der Waals surface area (Å²) in [6, 6.07) is 0. The van der Waals surface area contributed by atoms with E-state index in [0.29, 0.717) is 0 Å². The van der Waals surface area contributed by atoms with Crippen molar-refractivity contribution in [3.05, 3.63) is 75.6 Å². The molecule has 0 spiro atoms. The van der Waals surface area contributed by atoms with Gasteiger partial charge in [-0.2, -0.15) is 0 Å². The van der Waals surface area contributed by atoms with E-state index >= 15 is 0 Å². The minimum Gasteiger partial charge on any atom is -0.485 e. The Bertz CT molecular complexity index is 1110. The molecule has 0 aliphatic carbocycles. The number of hydrogen-bond acceptors (Lipinski definition) is 14. The number of carbonyl (C=O) groups excluding carboxylic acids is 4. The Kier molecular flexibility index (Phi) is 13.0. The number of carbonyl (C=O) groups is 4. The second-order valence-corrected chi connectivity index (χ2v) is 9.40. The van der Waals surface area contributed by atoms with E-state index in [0.717, 1.165) is 24.3 Å². The highest BCUT2D eigenvalue weighted by Gasteiger charge is 2.59. The number of hydrogen-bond donors (Lipinski definition) is 3. The van der Waals surface area contributed by atoms with Crippen LogP contribution in [0.2, 0.25) is 0 Å². The van der Waals surface area contributed by atoms with E-state index in [-0.39, 0.29) is 5.76 Å². The van der Waals surface area contributed by atoms with Crippen molar-refractivity contribution in [2.24, 2.45) is 0 Å². The molecule has 2 rings (SSSR count). The molecule has 9 atom stereocenters. The zero-order chi connectivity index (χ0) is 32.3. The average molecular weight is 609 g/mol. The normalized spacial score (nSPS) is 31.4. The molecule has 43 heavy (non-hydrogen) atoms. The molecule has 0 bridgehead atoms. The minimum atomic E-state index is -1.95. The summed E-state index contributed by atoms with van der Waals surface area (Å²) in [5, 5.41) is 33.3. The molecular formula is C29H36O14. The van der Waals surface area contributed by atoms with Crippen LogP contribution in [0.5, 0.6) is 0 Å². The fourth-order valence-electron chi connectivity index (χ4n) is 4.48. The lowest BCUT2D eigenvalue weighted by Gasteiger charge is -2.46. The lowest BCUT2D eigenvalue weighted by Crippen LogP contribution is -2.63. The van der Waals surface area contributed by atoms with Crippen LogP contribution >= 0.6 is 0 Å². The third kappa shape index (κ3) is 8.95. The number of esters is 4. The topological polar surface area (TPSA) is 194 Å². The summed E-state index contributed by atoms with van der Waals surface area (Å²) in [4.78, 5) is 47.5. The van der Waals surface area contributed by atoms with E-state index in [1.54, 1.807) is 0 Å². The highest BCUT2D eigenvalue weighted by molar-refractivity contribution is 5.82. The van der Waals surface area contributed by atoms with Crippen molar-refractivity contribution in [2.45, 2.75) is 60.9 Å². The molecule has 3 N–H and O–H groups in total. The van der Waals surface area contributed by atoms with Gasteiger partial charge in [0.25, 0.3) is 0 Å². The summed E-state index contributed by atoms with van der Waals surface area (Å²) in [5.74, 6) is -3.53. The van der Waals surface area contributed by atoms with Crippen LogP contribution < -0.4 is 0 Å². The number of aliphatic hydroxyl groups excluding tert-OH is 3. The van der Waals surface area contributed by atoms with E-state index in [1.807, 2.05) is 0 Å². The number of allylic oxidation sites excluding steroid dienone is 1. The molecule has 2 aliphatic heterocycles. The van der Waals surface area contributed by atoms with E-state index < -0.39 is 105 Å². The van der Waals surface area contributed by atoms with Gasteiger partial charge in [0.2, 0.25) is 0 Å². The smallest absolute Gasteiger partial charge is 0.330 e. The van der Waals surface area contributed by atoms with Crippen LogP contribution in [-0.4, -0.2) is 113 Å². The number of aliphatic hydroxyl groups is 3. The zero-order valence-electron chi connectivity index (χ0n) is 23.4. The first-order chi connectivity index (χ1) is 20.4. The Balaban J connectivity index is 2.53. The second-order valence-electron chi connectivity index (χ2n) is 9.40. The van der Waals surface area contributed by atoms with Crippen molar-refractivity contribution >= 4 is 23.9 Å². The maximum atomic E-state index is 12.1. The lowest BCUT2D eigenvalue weighted by atomic mass is 9.84. The fraction of sp³-hybridized carbons (Fsp3) is 0.448. The monoisotopic (exact) mass is 608 g/mol. The van der Waals surface area contributed by atoms with Crippen LogP contribution in [-0.2, 0) is 52.3 Å². The molecule has 2 fully saturated rings. The van der Waals surface area contributed by atoms with Crippen LogP contribution in [0.25, 0.3) is 0 Å². The summed E-state index contributed by atoms with van der Waals surface area (Å²) < 4.78 is 38.3. The van der Waals surface area contributed by atoms with Gasteiger partial charge in [0.05, 0.1) is 0 Å². The van der Waals surface area contributed by atoms with Gasteiger partial charge >= 0.3 is 23.9 Å². The molecule has 9 unspecified atom stereocenters. The van der Waals surface area contributed by atoms with Crippen molar-refractivity contribution in [1.82, 2.24) is 0 Å². The Hall–Kier alpha value is -4.08. The zero-order valence-corrected chi connectivity index (χ0v) is 23.4. The molecule has 0 amide bonds. The van der Waals surface area contributed by atoms with Crippen LogP contribution in [0.1, 0.15) is 6.42 Å². The third-order valence-electron chi connectivity index (χ3n) is 6.60. The maximum absolute atomic E-state index is 12.1. The molecule has 2 heterocycles. The molecule has 14 nitrogen and oxygen atoms in total. The third-order valence-corrected chi connectivity index (χ3v) is 6.60. The summed E-state index contributed by atoms with van der Waals surface area (Å²) in [6.45, 7) is 18.7. The molecule has 14 heteroatoms. The van der Waals surface area contributed by atoms with Crippen LogP contribution in [0.4, 0.5) is 0 Å². The Labute approximate surface area is 248 Å². The quantitative estimate of drug-likeness (QED) is 0.0682. The van der Waals surface area contributed by atoms with Crippen LogP contribution in [0, 0.1) is 0 Å². The van der Waals surface area contributed by atoms with Gasteiger partial charge < -0.3 is 48.5 Å². The summed E-state index contributed by atoms with van der Waals surface area (Å²) in [6.07, 6.45) is -7.65. The van der Waals surface area contributed by atoms with Crippen molar-refractivity contribution < 1.29 is 67.7 Å². The lowest BCUT2D eigenvalue weighted by molar-refractivity contribution is -0.256. The highest BCUT2D eigenvalue weighted by Crippen LogP contribution is 2.40. The first-order valence-corrected chi connectivity index (χ1v) is 12.9. The molecule has 0 aromatic heterocycles. The van der Waals surface area contributed by atoms with Gasteiger partial charge in [-0.25, -0.2) is 19.2 Å². The van der Waals surface area contributed by atoms with Gasteiger partial charge in [-0.3, -0.25) is 0 Å². The molecule has 236 valence electrons. The first kappa shape index (κ1) is 35.1. The Morgan fingerprint density at radius 1 is 0.674 bits per heavy atom. The Morgan fingerprint density at radius 3 is 1.72 bits per heavy atom. The van der Waals surface area contributed by atoms with E-state index in [2.05, 4.69) is 39.5 Å². The molecule has 0 aromatic carbocycles. The maximum Gasteiger partial charge on any atom is 0.330 e. The minimum absolute atomic E-state index is 0.0303. The molecular weight excluding hydrogens is 572 g/mol. The predicted molar refractivity (Wildman–Crippen MR) is 147 cm³/mol. The van der Waals surface area contributed by atoms with Crippen molar-refractivity contribution in [2.75, 3.05) is 19.8 Å². The molecule has 0 aromatic rings.